The molecule has 6 nitrogen and oxygen atoms in total. The molecule has 0 unspecified atom stereocenters. The van der Waals surface area contributed by atoms with Gasteiger partial charge in [0.15, 0.2) is 11.6 Å². The molecule has 1 fully saturated rings. The molecule has 1 amide bonds. The quantitative estimate of drug-likeness (QED) is 0.487. The van der Waals surface area contributed by atoms with E-state index in [2.05, 4.69) is 10.2 Å². The van der Waals surface area contributed by atoms with E-state index in [0.29, 0.717) is 24.5 Å². The highest BCUT2D eigenvalue weighted by molar-refractivity contribution is 6.00. The number of esters is 1. The summed E-state index contributed by atoms with van der Waals surface area (Å²) in [6.45, 7) is 1.42. The fraction of sp³-hybridized carbons (Fsp3) is 0.273. The third-order valence-corrected chi connectivity index (χ3v) is 5.13. The molecule has 4 rings (SSSR count). The number of carbonyl (C=O) groups is 2. The number of hydrogen-bond acceptors (Lipinski definition) is 5. The molecule has 1 N–H and O–H groups in total. The summed E-state index contributed by atoms with van der Waals surface area (Å²) in [6, 6.07) is 10.1. The Morgan fingerprint density at radius 3 is 2.72 bits per heavy atom. The number of nitrogens with one attached hydrogen (secondary N) is 1. The zero-order valence-corrected chi connectivity index (χ0v) is 16.0. The van der Waals surface area contributed by atoms with Crippen LogP contribution in [0.2, 0.25) is 0 Å². The van der Waals surface area contributed by atoms with Crippen LogP contribution in [0.3, 0.4) is 0 Å². The van der Waals surface area contributed by atoms with Gasteiger partial charge in [-0.25, -0.2) is 4.39 Å². The van der Waals surface area contributed by atoms with Gasteiger partial charge in [0.1, 0.15) is 5.75 Å². The van der Waals surface area contributed by atoms with Crippen LogP contribution in [0.1, 0.15) is 18.4 Å². The molecule has 0 atom stereocenters. The van der Waals surface area contributed by atoms with E-state index in [4.69, 9.17) is 9.47 Å². The predicted octanol–water partition coefficient (Wildman–Crippen LogP) is 3.46. The van der Waals surface area contributed by atoms with Gasteiger partial charge in [0.2, 0.25) is 5.91 Å². The van der Waals surface area contributed by atoms with Crippen molar-refractivity contribution < 1.29 is 23.5 Å². The number of nitrogens with zero attached hydrogens (tertiary/aromatic N) is 1. The maximum atomic E-state index is 13.9. The number of fused-ring (bicyclic) bond motifs is 1. The largest absolute Gasteiger partial charge is 0.494 e. The zero-order valence-electron chi connectivity index (χ0n) is 16.0. The molecular formula is C22H21FN2O4. The van der Waals surface area contributed by atoms with E-state index >= 15 is 0 Å². The Balaban J connectivity index is 1.35. The van der Waals surface area contributed by atoms with Gasteiger partial charge in [0.25, 0.3) is 0 Å². The minimum Gasteiger partial charge on any atom is -0.494 e. The van der Waals surface area contributed by atoms with Gasteiger partial charge in [-0.2, -0.15) is 0 Å². The highest BCUT2D eigenvalue weighted by Crippen LogP contribution is 2.30. The van der Waals surface area contributed by atoms with E-state index in [1.54, 1.807) is 30.3 Å². The molecule has 0 spiro atoms. The molecule has 0 saturated carbocycles. The van der Waals surface area contributed by atoms with Gasteiger partial charge in [-0.3, -0.25) is 9.59 Å². The van der Waals surface area contributed by atoms with Crippen LogP contribution in [-0.4, -0.2) is 32.1 Å². The van der Waals surface area contributed by atoms with Gasteiger partial charge in [-0.1, -0.05) is 11.6 Å². The molecule has 2 aromatic carbocycles. The molecule has 0 bridgehead atoms. The fourth-order valence-electron chi connectivity index (χ4n) is 3.60. The van der Waals surface area contributed by atoms with Crippen molar-refractivity contribution in [3.63, 3.8) is 0 Å². The van der Waals surface area contributed by atoms with Crippen LogP contribution in [0.4, 0.5) is 15.8 Å². The van der Waals surface area contributed by atoms with Gasteiger partial charge in [0, 0.05) is 48.2 Å². The van der Waals surface area contributed by atoms with Gasteiger partial charge in [0.05, 0.1) is 13.5 Å². The minimum absolute atomic E-state index is 0.215. The maximum Gasteiger partial charge on any atom is 0.315 e. The lowest BCUT2D eigenvalue weighted by molar-refractivity contribution is -0.131. The standard InChI is InChI=1S/C22H21FN2O4/c1-28-19-5-4-17(13-18(19)23)25-8-6-14(7-9-25)10-21(26)24-16-3-2-15-11-22(27)29-20(15)12-16/h2-5,10,12-13H,6-9,11H2,1H3,(H,24,26). The van der Waals surface area contributed by atoms with Crippen LogP contribution in [0.15, 0.2) is 48.0 Å². The summed E-state index contributed by atoms with van der Waals surface area (Å²) in [5, 5.41) is 2.81. The molecule has 2 aliphatic heterocycles. The van der Waals surface area contributed by atoms with Crippen molar-refractivity contribution in [1.29, 1.82) is 0 Å². The summed E-state index contributed by atoms with van der Waals surface area (Å²) < 4.78 is 24.0. The Kier molecular flexibility index (Phi) is 5.20. The first-order chi connectivity index (χ1) is 14.0. The molecule has 0 aliphatic carbocycles. The number of rotatable bonds is 4. The SMILES string of the molecule is COc1ccc(N2CCC(=CC(=O)Nc3ccc4c(c3)OC(=O)C4)CC2)cc1F. The monoisotopic (exact) mass is 396 g/mol. The van der Waals surface area contributed by atoms with E-state index in [-0.39, 0.29) is 29.9 Å². The van der Waals surface area contributed by atoms with Crippen LogP contribution in [-0.2, 0) is 16.0 Å². The van der Waals surface area contributed by atoms with Crippen LogP contribution in [0.25, 0.3) is 0 Å². The number of carbonyl (C=O) groups excluding carboxylic acids is 2. The summed E-state index contributed by atoms with van der Waals surface area (Å²) in [5.74, 6) is -0.155. The normalized spacial score (nSPS) is 15.6. The van der Waals surface area contributed by atoms with Crippen LogP contribution < -0.4 is 19.7 Å². The molecule has 2 aliphatic rings. The Bertz CT molecular complexity index is 992. The number of amides is 1. The number of piperidine rings is 1. The molecule has 2 aromatic rings. The number of hydrogen-bond donors (Lipinski definition) is 1. The van der Waals surface area contributed by atoms with Crippen molar-refractivity contribution in [2.24, 2.45) is 0 Å². The van der Waals surface area contributed by atoms with Gasteiger partial charge >= 0.3 is 5.97 Å². The molecule has 1 saturated heterocycles. The molecule has 0 radical (unpaired) electrons. The van der Waals surface area contributed by atoms with E-state index in [9.17, 15) is 14.0 Å². The summed E-state index contributed by atoms with van der Waals surface area (Å²) in [7, 11) is 1.44. The molecule has 29 heavy (non-hydrogen) atoms. The van der Waals surface area contributed by atoms with Crippen molar-refractivity contribution >= 4 is 23.3 Å². The number of benzene rings is 2. The summed E-state index contributed by atoms with van der Waals surface area (Å²) in [5.41, 5.74) is 3.26. The van der Waals surface area contributed by atoms with E-state index in [1.165, 1.54) is 13.2 Å². The van der Waals surface area contributed by atoms with Crippen molar-refractivity contribution in [2.75, 3.05) is 30.4 Å². The lowest BCUT2D eigenvalue weighted by Gasteiger charge is -2.30. The third kappa shape index (κ3) is 4.23. The van der Waals surface area contributed by atoms with E-state index < -0.39 is 0 Å². The van der Waals surface area contributed by atoms with Gasteiger partial charge in [-0.05, 0) is 31.0 Å². The van der Waals surface area contributed by atoms with E-state index in [1.807, 2.05) is 6.07 Å². The van der Waals surface area contributed by atoms with Gasteiger partial charge in [-0.15, -0.1) is 0 Å². The topological polar surface area (TPSA) is 67.9 Å². The lowest BCUT2D eigenvalue weighted by Crippen LogP contribution is -2.31. The first kappa shape index (κ1) is 19.0. The smallest absolute Gasteiger partial charge is 0.315 e. The summed E-state index contributed by atoms with van der Waals surface area (Å²) in [4.78, 5) is 25.8. The minimum atomic E-state index is -0.384. The van der Waals surface area contributed by atoms with Gasteiger partial charge < -0.3 is 19.7 Å². The Morgan fingerprint density at radius 2 is 2.00 bits per heavy atom. The second kappa shape index (κ2) is 7.95. The molecule has 7 heteroatoms. The molecule has 150 valence electrons. The van der Waals surface area contributed by atoms with Crippen molar-refractivity contribution in [3.05, 3.63) is 59.4 Å². The average Bonchev–Trinajstić information content (AvgIpc) is 3.07. The van der Waals surface area contributed by atoms with Crippen LogP contribution >= 0.6 is 0 Å². The summed E-state index contributed by atoms with van der Waals surface area (Å²) >= 11 is 0. The predicted molar refractivity (Wildman–Crippen MR) is 107 cm³/mol. The average molecular weight is 396 g/mol. The Hall–Kier alpha value is -3.35. The molecular weight excluding hydrogens is 375 g/mol. The van der Waals surface area contributed by atoms with Crippen molar-refractivity contribution in [2.45, 2.75) is 19.3 Å². The molecule has 0 aromatic heterocycles. The number of anilines is 2. The Labute approximate surface area is 167 Å². The Morgan fingerprint density at radius 1 is 1.21 bits per heavy atom. The van der Waals surface area contributed by atoms with Crippen LogP contribution in [0.5, 0.6) is 11.5 Å². The first-order valence-electron chi connectivity index (χ1n) is 9.44. The number of ether oxygens (including phenoxy) is 2. The second-order valence-electron chi connectivity index (χ2n) is 7.07. The summed E-state index contributed by atoms with van der Waals surface area (Å²) in [6.07, 6.45) is 3.33. The third-order valence-electron chi connectivity index (χ3n) is 5.13. The fourth-order valence-corrected chi connectivity index (χ4v) is 3.60. The number of halogens is 1. The lowest BCUT2D eigenvalue weighted by atomic mass is 10.0. The molecule has 2 heterocycles. The van der Waals surface area contributed by atoms with Crippen LogP contribution in [0, 0.1) is 5.82 Å². The second-order valence-corrected chi connectivity index (χ2v) is 7.07. The van der Waals surface area contributed by atoms with E-state index in [0.717, 1.165) is 29.7 Å². The zero-order chi connectivity index (χ0) is 20.4. The van der Waals surface area contributed by atoms with Crippen molar-refractivity contribution in [1.82, 2.24) is 0 Å². The first-order valence-corrected chi connectivity index (χ1v) is 9.44. The number of methoxy groups -OCH3 is 1. The highest BCUT2D eigenvalue weighted by atomic mass is 19.1. The highest BCUT2D eigenvalue weighted by Gasteiger charge is 2.21. The van der Waals surface area contributed by atoms with Crippen molar-refractivity contribution in [3.8, 4) is 11.5 Å². The maximum absolute atomic E-state index is 13.9.